The summed E-state index contributed by atoms with van der Waals surface area (Å²) >= 11 is 0. The molecule has 2 aliphatic carbocycles. The fourth-order valence-electron chi connectivity index (χ4n) is 14.1. The van der Waals surface area contributed by atoms with E-state index in [2.05, 4.69) is 232 Å². The number of aryl methyl sites for hydroxylation is 3. The minimum Gasteiger partial charge on any atom is -0.456 e. The minimum atomic E-state index is -2.44. The zero-order valence-corrected chi connectivity index (χ0v) is 47.0. The Morgan fingerprint density at radius 1 is 0.526 bits per heavy atom. The van der Waals surface area contributed by atoms with E-state index < -0.39 is 6.85 Å². The van der Waals surface area contributed by atoms with Gasteiger partial charge in [-0.3, -0.25) is 0 Å². The Bertz CT molecular complexity index is 3970. The standard InChI is InChI=1S/C71H74BN3O/c1-43-37-61-65-62(38-43)75(58-32-30-50(67(4,5)6)66-64(58)48-23-17-20-26-63(48)76-66)59-40-47(73(56-24-18-15-21-44(56)2)57-25-19-16-22-45(57)3)28-31-54(59)72(65)55-41-52-53(71(13,14)36-35-70(52,11)12)42-60(55)74(61)46-27-29-49-51(39-46)69(9,10)34-33-68(49,7)8/h15-32,37-42H,33-36H2,1-14H3/i1D3. The molecule has 0 saturated carbocycles. The van der Waals surface area contributed by atoms with Gasteiger partial charge >= 0.3 is 0 Å². The first-order valence-electron chi connectivity index (χ1n) is 29.4. The number of anilines is 9. The fraction of sp³-hybridized carbons (Fsp3) is 0.324. The van der Waals surface area contributed by atoms with E-state index in [1.165, 1.54) is 27.7 Å². The van der Waals surface area contributed by atoms with Gasteiger partial charge in [-0.05, 0) is 196 Å². The molecule has 9 aromatic rings. The Morgan fingerprint density at radius 3 is 1.72 bits per heavy atom. The molecule has 1 aromatic heterocycles. The number of para-hydroxylation sites is 3. The molecular weight excluding hydrogens is 922 g/mol. The summed E-state index contributed by atoms with van der Waals surface area (Å²) in [7, 11) is 0. The minimum absolute atomic E-state index is 0.0193. The van der Waals surface area contributed by atoms with E-state index in [0.29, 0.717) is 5.56 Å². The van der Waals surface area contributed by atoms with Crippen LogP contribution in [0, 0.1) is 20.7 Å². The van der Waals surface area contributed by atoms with Gasteiger partial charge in [-0.1, -0.05) is 155 Å². The second-order valence-corrected chi connectivity index (χ2v) is 26.6. The zero-order valence-electron chi connectivity index (χ0n) is 50.0. The molecule has 0 fully saturated rings. The third-order valence-electron chi connectivity index (χ3n) is 18.6. The smallest absolute Gasteiger partial charge is 0.252 e. The Labute approximate surface area is 457 Å². The van der Waals surface area contributed by atoms with Crippen LogP contribution in [-0.2, 0) is 27.1 Å². The van der Waals surface area contributed by atoms with Crippen molar-refractivity contribution < 1.29 is 8.53 Å². The molecule has 5 heteroatoms. The number of rotatable bonds is 5. The number of nitrogens with zero attached hydrogens (tertiary/aromatic N) is 3. The summed E-state index contributed by atoms with van der Waals surface area (Å²) in [6, 6.07) is 53.6. The summed E-state index contributed by atoms with van der Waals surface area (Å²) in [5.41, 5.74) is 23.1. The van der Waals surface area contributed by atoms with Crippen molar-refractivity contribution >= 4 is 96.2 Å². The van der Waals surface area contributed by atoms with Crippen molar-refractivity contribution in [3.63, 3.8) is 0 Å². The van der Waals surface area contributed by atoms with Gasteiger partial charge in [0.05, 0.1) is 11.1 Å². The number of hydrogen-bond acceptors (Lipinski definition) is 4. The molecule has 4 nitrogen and oxygen atoms in total. The second-order valence-electron chi connectivity index (χ2n) is 26.6. The molecule has 2 aliphatic heterocycles. The molecule has 0 amide bonds. The first-order valence-corrected chi connectivity index (χ1v) is 27.9. The molecule has 8 aromatic carbocycles. The van der Waals surface area contributed by atoms with Crippen molar-refractivity contribution in [3.8, 4) is 0 Å². The third-order valence-corrected chi connectivity index (χ3v) is 18.6. The van der Waals surface area contributed by atoms with Crippen LogP contribution in [0.5, 0.6) is 0 Å². The van der Waals surface area contributed by atoms with Gasteiger partial charge in [0.2, 0.25) is 0 Å². The number of furan rings is 1. The maximum Gasteiger partial charge on any atom is 0.252 e. The average molecular weight is 999 g/mol. The van der Waals surface area contributed by atoms with Crippen LogP contribution in [-0.4, -0.2) is 6.71 Å². The van der Waals surface area contributed by atoms with Crippen LogP contribution in [0.3, 0.4) is 0 Å². The fourth-order valence-corrected chi connectivity index (χ4v) is 14.1. The van der Waals surface area contributed by atoms with E-state index in [4.69, 9.17) is 4.42 Å². The van der Waals surface area contributed by atoms with Gasteiger partial charge < -0.3 is 19.1 Å². The summed E-state index contributed by atoms with van der Waals surface area (Å²) in [5.74, 6) is 0. The average Bonchev–Trinajstić information content (AvgIpc) is 3.72. The molecule has 0 radical (unpaired) electrons. The molecule has 4 aliphatic rings. The van der Waals surface area contributed by atoms with Gasteiger partial charge in [0.15, 0.2) is 0 Å². The van der Waals surface area contributed by atoms with Crippen molar-refractivity contribution in [1.82, 2.24) is 0 Å². The van der Waals surface area contributed by atoms with E-state index in [9.17, 15) is 4.11 Å². The van der Waals surface area contributed by atoms with Crippen LogP contribution >= 0.6 is 0 Å². The molecule has 0 atom stereocenters. The highest BCUT2D eigenvalue weighted by Gasteiger charge is 2.48. The molecule has 0 N–H and O–H groups in total. The summed E-state index contributed by atoms with van der Waals surface area (Å²) in [4.78, 5) is 7.29. The van der Waals surface area contributed by atoms with Crippen LogP contribution in [0.15, 0.2) is 150 Å². The Hall–Kier alpha value is -6.98. The van der Waals surface area contributed by atoms with Crippen LogP contribution in [0.25, 0.3) is 21.9 Å². The van der Waals surface area contributed by atoms with Crippen molar-refractivity contribution in [3.05, 3.63) is 190 Å². The molecular formula is C71H74BN3O. The van der Waals surface area contributed by atoms with Gasteiger partial charge in [-0.2, -0.15) is 0 Å². The first kappa shape index (κ1) is 45.2. The van der Waals surface area contributed by atoms with Gasteiger partial charge in [0, 0.05) is 60.6 Å². The molecule has 382 valence electrons. The number of hydrogen-bond donors (Lipinski definition) is 0. The van der Waals surface area contributed by atoms with E-state index in [0.717, 1.165) is 126 Å². The molecule has 3 heterocycles. The highest BCUT2D eigenvalue weighted by molar-refractivity contribution is 7.00. The van der Waals surface area contributed by atoms with Crippen molar-refractivity contribution in [2.45, 2.75) is 150 Å². The number of fused-ring (bicyclic) bond motifs is 9. The monoisotopic (exact) mass is 999 g/mol. The van der Waals surface area contributed by atoms with Crippen LogP contribution in [0.1, 0.15) is 150 Å². The summed E-state index contributed by atoms with van der Waals surface area (Å²) in [6.45, 7) is 27.7. The summed E-state index contributed by atoms with van der Waals surface area (Å²) < 4.78 is 35.3. The summed E-state index contributed by atoms with van der Waals surface area (Å²) in [6.07, 6.45) is 4.36. The Balaban J connectivity index is 1.20. The van der Waals surface area contributed by atoms with Crippen LogP contribution in [0.4, 0.5) is 51.2 Å². The quantitative estimate of drug-likeness (QED) is 0.160. The van der Waals surface area contributed by atoms with E-state index in [1.54, 1.807) is 0 Å². The lowest BCUT2D eigenvalue weighted by Gasteiger charge is -2.48. The van der Waals surface area contributed by atoms with Gasteiger partial charge in [0.25, 0.3) is 6.71 Å². The molecule has 76 heavy (non-hydrogen) atoms. The molecule has 0 spiro atoms. The molecule has 13 rings (SSSR count). The highest BCUT2D eigenvalue weighted by atomic mass is 16.3. The normalized spacial score (nSPS) is 18.2. The first-order chi connectivity index (χ1) is 37.2. The van der Waals surface area contributed by atoms with E-state index in [-0.39, 0.29) is 33.8 Å². The summed E-state index contributed by atoms with van der Waals surface area (Å²) in [5, 5.41) is 2.02. The predicted molar refractivity (Wildman–Crippen MR) is 326 cm³/mol. The largest absolute Gasteiger partial charge is 0.456 e. The van der Waals surface area contributed by atoms with Crippen molar-refractivity contribution in [2.75, 3.05) is 14.7 Å². The third kappa shape index (κ3) is 7.23. The lowest BCUT2D eigenvalue weighted by Crippen LogP contribution is -2.62. The van der Waals surface area contributed by atoms with Crippen molar-refractivity contribution in [1.29, 1.82) is 0 Å². The second kappa shape index (κ2) is 16.5. The molecule has 0 bridgehead atoms. The van der Waals surface area contributed by atoms with Gasteiger partial charge in [-0.25, -0.2) is 0 Å². The highest BCUT2D eigenvalue weighted by Crippen LogP contribution is 2.55. The predicted octanol–water partition coefficient (Wildman–Crippen LogP) is 18.1. The SMILES string of the molecule is [2H]C([2H])([2H])c1cc2c3c(c1)N(c1ccc(C(C)(C)C)c4oc5ccccc5c14)c1cc(N(c4ccccc4C)c4ccccc4C)ccc1B3c1cc3c(cc1N2c1ccc2c(c1)C(C)(C)CCC2(C)C)C(C)(C)CCC3(C)C. The van der Waals surface area contributed by atoms with Crippen LogP contribution < -0.4 is 31.1 Å². The van der Waals surface area contributed by atoms with Crippen LogP contribution in [0.2, 0.25) is 0 Å². The molecule has 0 unspecified atom stereocenters. The van der Waals surface area contributed by atoms with Crippen molar-refractivity contribution in [2.24, 2.45) is 0 Å². The van der Waals surface area contributed by atoms with E-state index in [1.807, 2.05) is 18.2 Å². The number of benzene rings is 8. The maximum absolute atomic E-state index is 9.41. The zero-order chi connectivity index (χ0) is 55.7. The lowest BCUT2D eigenvalue weighted by atomic mass is 9.33. The van der Waals surface area contributed by atoms with E-state index >= 15 is 0 Å². The topological polar surface area (TPSA) is 22.9 Å². The van der Waals surface area contributed by atoms with Gasteiger partial charge in [0.1, 0.15) is 11.2 Å². The maximum atomic E-state index is 9.41. The molecule has 0 saturated heterocycles. The lowest BCUT2D eigenvalue weighted by molar-refractivity contribution is 0.332. The van der Waals surface area contributed by atoms with Gasteiger partial charge in [-0.15, -0.1) is 0 Å². The Kier molecular flexibility index (Phi) is 9.83. The Morgan fingerprint density at radius 2 is 1.09 bits per heavy atom.